The molecule has 0 unspecified atom stereocenters. The van der Waals surface area contributed by atoms with Crippen molar-refractivity contribution < 1.29 is 4.74 Å². The highest BCUT2D eigenvalue weighted by atomic mass is 16.5. The molecule has 2 rings (SSSR count). The van der Waals surface area contributed by atoms with Crippen LogP contribution in [-0.4, -0.2) is 11.1 Å². The zero-order valence-electron chi connectivity index (χ0n) is 8.07. The summed E-state index contributed by atoms with van der Waals surface area (Å²) >= 11 is 0. The van der Waals surface area contributed by atoms with Crippen LogP contribution < -0.4 is 4.74 Å². The predicted octanol–water partition coefficient (Wildman–Crippen LogP) is 2.38. The minimum absolute atomic E-state index is 0.360. The Labute approximate surface area is 84.3 Å². The maximum Gasteiger partial charge on any atom is 0.213 e. The maximum absolute atomic E-state index is 5.70. The first-order valence-electron chi connectivity index (χ1n) is 4.98. The molecule has 14 heavy (non-hydrogen) atoms. The van der Waals surface area contributed by atoms with Crippen LogP contribution in [-0.2, 0) is 0 Å². The normalized spacial score (nSPS) is 16.5. The molecule has 1 heterocycles. The Balaban J connectivity index is 1.99. The molecule has 0 atom stereocenters. The van der Waals surface area contributed by atoms with Gasteiger partial charge in [0.15, 0.2) is 0 Å². The van der Waals surface area contributed by atoms with Gasteiger partial charge < -0.3 is 4.74 Å². The largest absolute Gasteiger partial charge is 0.474 e. The smallest absolute Gasteiger partial charge is 0.213 e. The highest BCUT2D eigenvalue weighted by molar-refractivity contribution is 5.31. The van der Waals surface area contributed by atoms with Crippen molar-refractivity contribution in [1.82, 2.24) is 4.98 Å². The van der Waals surface area contributed by atoms with Crippen LogP contribution in [0.15, 0.2) is 18.3 Å². The fourth-order valence-electron chi connectivity index (χ4n) is 1.71. The first-order valence-corrected chi connectivity index (χ1v) is 4.98. The van der Waals surface area contributed by atoms with E-state index in [1.54, 1.807) is 6.20 Å². The van der Waals surface area contributed by atoms with Gasteiger partial charge in [-0.05, 0) is 31.7 Å². The van der Waals surface area contributed by atoms with Crippen LogP contribution in [0.5, 0.6) is 5.88 Å². The molecule has 1 fully saturated rings. The lowest BCUT2D eigenvalue weighted by Gasteiger charge is -2.11. The van der Waals surface area contributed by atoms with Gasteiger partial charge in [-0.3, -0.25) is 0 Å². The number of terminal acetylenes is 1. The van der Waals surface area contributed by atoms with E-state index < -0.39 is 0 Å². The molecule has 0 aromatic carbocycles. The fraction of sp³-hybridized carbons (Fsp3) is 0.417. The minimum atomic E-state index is 0.360. The summed E-state index contributed by atoms with van der Waals surface area (Å²) in [6, 6.07) is 3.70. The summed E-state index contributed by atoms with van der Waals surface area (Å²) in [6.45, 7) is 0. The molecule has 72 valence electrons. The van der Waals surface area contributed by atoms with Gasteiger partial charge in [-0.1, -0.05) is 5.92 Å². The van der Waals surface area contributed by atoms with Crippen LogP contribution in [0.4, 0.5) is 0 Å². The Bertz CT molecular complexity index is 330. The van der Waals surface area contributed by atoms with Gasteiger partial charge in [0.25, 0.3) is 0 Å². The van der Waals surface area contributed by atoms with Crippen LogP contribution >= 0.6 is 0 Å². The second-order valence-electron chi connectivity index (χ2n) is 3.55. The van der Waals surface area contributed by atoms with Gasteiger partial charge in [0, 0.05) is 17.8 Å². The Morgan fingerprint density at radius 3 is 2.71 bits per heavy atom. The standard InChI is InChI=1S/C12H13NO/c1-2-10-7-8-12(13-9-10)14-11-5-3-4-6-11/h1,7-9,11H,3-6H2. The van der Waals surface area contributed by atoms with Gasteiger partial charge in [0.1, 0.15) is 6.10 Å². The number of rotatable bonds is 2. The van der Waals surface area contributed by atoms with E-state index in [9.17, 15) is 0 Å². The molecule has 0 amide bonds. The van der Waals surface area contributed by atoms with Crippen molar-refractivity contribution in [3.8, 4) is 18.2 Å². The van der Waals surface area contributed by atoms with Crippen LogP contribution in [0.1, 0.15) is 31.2 Å². The van der Waals surface area contributed by atoms with Crippen LogP contribution in [0.2, 0.25) is 0 Å². The van der Waals surface area contributed by atoms with E-state index in [1.165, 1.54) is 12.8 Å². The molecule has 0 spiro atoms. The zero-order valence-corrected chi connectivity index (χ0v) is 8.07. The third-order valence-electron chi connectivity index (χ3n) is 2.49. The lowest BCUT2D eigenvalue weighted by Crippen LogP contribution is -2.11. The number of hydrogen-bond donors (Lipinski definition) is 0. The topological polar surface area (TPSA) is 22.1 Å². The van der Waals surface area contributed by atoms with Crippen LogP contribution in [0.25, 0.3) is 0 Å². The molecule has 1 aromatic rings. The highest BCUT2D eigenvalue weighted by Gasteiger charge is 2.16. The quantitative estimate of drug-likeness (QED) is 0.663. The van der Waals surface area contributed by atoms with Crippen molar-refractivity contribution in [1.29, 1.82) is 0 Å². The first kappa shape index (κ1) is 9.08. The van der Waals surface area contributed by atoms with E-state index in [2.05, 4.69) is 10.9 Å². The summed E-state index contributed by atoms with van der Waals surface area (Å²) < 4.78 is 5.70. The van der Waals surface area contributed by atoms with Crippen molar-refractivity contribution in [3.05, 3.63) is 23.9 Å². The first-order chi connectivity index (χ1) is 6.88. The average Bonchev–Trinajstić information content (AvgIpc) is 2.72. The van der Waals surface area contributed by atoms with Gasteiger partial charge in [0.2, 0.25) is 5.88 Å². The molecule has 1 aromatic heterocycles. The molecule has 2 heteroatoms. The van der Waals surface area contributed by atoms with Gasteiger partial charge in [-0.2, -0.15) is 0 Å². The van der Waals surface area contributed by atoms with Crippen molar-refractivity contribution in [2.45, 2.75) is 31.8 Å². The maximum atomic E-state index is 5.70. The monoisotopic (exact) mass is 187 g/mol. The van der Waals surface area contributed by atoms with Gasteiger partial charge in [0.05, 0.1) is 0 Å². The van der Waals surface area contributed by atoms with Crippen molar-refractivity contribution >= 4 is 0 Å². The minimum Gasteiger partial charge on any atom is -0.474 e. The molecular weight excluding hydrogens is 174 g/mol. The summed E-state index contributed by atoms with van der Waals surface area (Å²) in [5, 5.41) is 0. The number of ether oxygens (including phenoxy) is 1. The third kappa shape index (κ3) is 2.05. The van der Waals surface area contributed by atoms with Crippen molar-refractivity contribution in [2.75, 3.05) is 0 Å². The fourth-order valence-corrected chi connectivity index (χ4v) is 1.71. The van der Waals surface area contributed by atoms with Gasteiger partial charge >= 0.3 is 0 Å². The average molecular weight is 187 g/mol. The van der Waals surface area contributed by atoms with Crippen molar-refractivity contribution in [3.63, 3.8) is 0 Å². The molecule has 1 aliphatic carbocycles. The summed E-state index contributed by atoms with van der Waals surface area (Å²) in [5.74, 6) is 3.22. The lowest BCUT2D eigenvalue weighted by atomic mass is 10.3. The Hall–Kier alpha value is -1.49. The number of hydrogen-bond acceptors (Lipinski definition) is 2. The van der Waals surface area contributed by atoms with E-state index in [4.69, 9.17) is 11.2 Å². The van der Waals surface area contributed by atoms with E-state index in [1.807, 2.05) is 12.1 Å². The molecule has 0 radical (unpaired) electrons. The number of nitrogens with zero attached hydrogens (tertiary/aromatic N) is 1. The van der Waals surface area contributed by atoms with E-state index in [-0.39, 0.29) is 0 Å². The molecule has 1 saturated carbocycles. The summed E-state index contributed by atoms with van der Waals surface area (Å²) in [5.41, 5.74) is 0.795. The second kappa shape index (κ2) is 4.15. The van der Waals surface area contributed by atoms with E-state index in [0.717, 1.165) is 18.4 Å². The Morgan fingerprint density at radius 1 is 1.36 bits per heavy atom. The Kier molecular flexibility index (Phi) is 2.69. The number of aromatic nitrogens is 1. The number of pyridine rings is 1. The van der Waals surface area contributed by atoms with E-state index in [0.29, 0.717) is 12.0 Å². The van der Waals surface area contributed by atoms with Crippen LogP contribution in [0.3, 0.4) is 0 Å². The molecular formula is C12H13NO. The summed E-state index contributed by atoms with van der Waals surface area (Å²) in [4.78, 5) is 4.15. The predicted molar refractivity (Wildman–Crippen MR) is 55.1 cm³/mol. The van der Waals surface area contributed by atoms with Gasteiger partial charge in [-0.25, -0.2) is 4.98 Å². The SMILES string of the molecule is C#Cc1ccc(OC2CCCC2)nc1. The molecule has 2 nitrogen and oxygen atoms in total. The summed E-state index contributed by atoms with van der Waals surface area (Å²) in [6.07, 6.45) is 12.1. The summed E-state index contributed by atoms with van der Waals surface area (Å²) in [7, 11) is 0. The zero-order chi connectivity index (χ0) is 9.80. The third-order valence-corrected chi connectivity index (χ3v) is 2.49. The molecule has 0 bridgehead atoms. The van der Waals surface area contributed by atoms with Crippen molar-refractivity contribution in [2.24, 2.45) is 0 Å². The molecule has 1 aliphatic rings. The lowest BCUT2D eigenvalue weighted by molar-refractivity contribution is 0.201. The Morgan fingerprint density at radius 2 is 2.14 bits per heavy atom. The highest BCUT2D eigenvalue weighted by Crippen LogP contribution is 2.22. The molecule has 0 N–H and O–H groups in total. The van der Waals surface area contributed by atoms with E-state index >= 15 is 0 Å². The van der Waals surface area contributed by atoms with Crippen LogP contribution in [0, 0.1) is 12.3 Å². The molecule has 0 saturated heterocycles. The van der Waals surface area contributed by atoms with Gasteiger partial charge in [-0.15, -0.1) is 6.42 Å². The molecule has 0 aliphatic heterocycles. The second-order valence-corrected chi connectivity index (χ2v) is 3.55.